The molecule has 0 saturated heterocycles. The number of aryl methyl sites for hydroxylation is 1. The number of aromatic nitrogens is 1. The zero-order valence-electron chi connectivity index (χ0n) is 21.7. The Bertz CT molecular complexity index is 1480. The van der Waals surface area contributed by atoms with Crippen LogP contribution in [0.4, 0.5) is 0 Å². The Kier molecular flexibility index (Phi) is 7.09. The summed E-state index contributed by atoms with van der Waals surface area (Å²) in [7, 11) is -1.78. The van der Waals surface area contributed by atoms with Gasteiger partial charge in [-0.05, 0) is 77.1 Å². The summed E-state index contributed by atoms with van der Waals surface area (Å²) in [4.78, 5) is 30.1. The highest BCUT2D eigenvalue weighted by Crippen LogP contribution is 2.42. The molecule has 5 rings (SSSR count). The highest BCUT2D eigenvalue weighted by atomic mass is 32.2. The lowest BCUT2D eigenvalue weighted by molar-refractivity contribution is -0.147. The Balaban J connectivity index is 1.54. The zero-order chi connectivity index (χ0) is 27.0. The maximum absolute atomic E-state index is 13.5. The molecule has 8 heteroatoms. The van der Waals surface area contributed by atoms with Crippen molar-refractivity contribution in [3.8, 4) is 16.9 Å². The summed E-state index contributed by atoms with van der Waals surface area (Å²) < 4.78 is 35.2. The Morgan fingerprint density at radius 3 is 2.45 bits per heavy atom. The molecule has 0 spiro atoms. The van der Waals surface area contributed by atoms with Crippen molar-refractivity contribution < 1.29 is 27.5 Å². The van der Waals surface area contributed by atoms with E-state index in [0.29, 0.717) is 31.4 Å². The van der Waals surface area contributed by atoms with Gasteiger partial charge in [0.25, 0.3) is 0 Å². The molecule has 2 aliphatic carbocycles. The Labute approximate surface area is 223 Å². The number of rotatable bonds is 5. The number of nitrogens with zero attached hydrogens (tertiary/aromatic N) is 1. The van der Waals surface area contributed by atoms with Crippen LogP contribution < -0.4 is 4.74 Å². The van der Waals surface area contributed by atoms with Crippen LogP contribution in [0, 0.1) is 11.8 Å². The van der Waals surface area contributed by atoms with Crippen molar-refractivity contribution >= 4 is 21.8 Å². The molecule has 2 aromatic carbocycles. The Morgan fingerprint density at radius 2 is 1.74 bits per heavy atom. The van der Waals surface area contributed by atoms with Crippen molar-refractivity contribution in [2.24, 2.45) is 11.8 Å². The molecule has 4 unspecified atom stereocenters. The number of carbonyl (C=O) groups excluding carboxylic acids is 2. The number of pyridine rings is 1. The summed E-state index contributed by atoms with van der Waals surface area (Å²) in [5, 5.41) is -0.457. The summed E-state index contributed by atoms with van der Waals surface area (Å²) in [6.45, 7) is 1.97. The molecule has 0 saturated carbocycles. The molecular formula is C30H31NO6S. The van der Waals surface area contributed by atoms with Crippen molar-refractivity contribution in [1.82, 2.24) is 4.98 Å². The van der Waals surface area contributed by atoms with Gasteiger partial charge >= 0.3 is 11.9 Å². The molecule has 2 aliphatic rings. The van der Waals surface area contributed by atoms with Crippen LogP contribution in [0.1, 0.15) is 53.2 Å². The summed E-state index contributed by atoms with van der Waals surface area (Å²) in [5.41, 5.74) is 5.56. The van der Waals surface area contributed by atoms with E-state index < -0.39 is 27.0 Å². The molecule has 3 aromatic rings. The van der Waals surface area contributed by atoms with Crippen LogP contribution in [0.5, 0.6) is 5.75 Å². The van der Waals surface area contributed by atoms with Gasteiger partial charge in [-0.15, -0.1) is 0 Å². The number of hydrogen-bond donors (Lipinski definition) is 0. The third kappa shape index (κ3) is 5.10. The lowest BCUT2D eigenvalue weighted by atomic mass is 9.86. The summed E-state index contributed by atoms with van der Waals surface area (Å²) in [6.07, 6.45) is 6.63. The molecule has 1 aromatic heterocycles. The van der Waals surface area contributed by atoms with Gasteiger partial charge in [0, 0.05) is 12.5 Å². The first kappa shape index (κ1) is 26.1. The first-order chi connectivity index (χ1) is 18.2. The summed E-state index contributed by atoms with van der Waals surface area (Å²) in [6, 6.07) is 15.3. The zero-order valence-corrected chi connectivity index (χ0v) is 22.5. The van der Waals surface area contributed by atoms with E-state index in [1.165, 1.54) is 19.6 Å². The normalized spacial score (nSPS) is 22.6. The molecule has 4 atom stereocenters. The van der Waals surface area contributed by atoms with E-state index in [-0.39, 0.29) is 17.8 Å². The van der Waals surface area contributed by atoms with Crippen molar-refractivity contribution in [2.45, 2.75) is 43.8 Å². The third-order valence-electron chi connectivity index (χ3n) is 7.91. The molecule has 7 nitrogen and oxygen atoms in total. The topological polar surface area (TPSA) is 99.6 Å². The number of esters is 2. The number of fused-ring (bicyclic) bond motifs is 2. The maximum atomic E-state index is 13.5. The quantitative estimate of drug-likeness (QED) is 0.342. The van der Waals surface area contributed by atoms with Crippen LogP contribution in [-0.4, -0.2) is 38.7 Å². The van der Waals surface area contributed by atoms with E-state index in [1.807, 2.05) is 37.3 Å². The predicted octanol–water partition coefficient (Wildman–Crippen LogP) is 4.84. The molecule has 0 aliphatic heterocycles. The fraction of sp³-hybridized carbons (Fsp3) is 0.367. The minimum absolute atomic E-state index is 0.0994. The number of benzene rings is 2. The fourth-order valence-electron chi connectivity index (χ4n) is 5.87. The highest BCUT2D eigenvalue weighted by molar-refractivity contribution is 7.90. The smallest absolute Gasteiger partial charge is 0.318 e. The first-order valence-electron chi connectivity index (χ1n) is 12.8. The van der Waals surface area contributed by atoms with E-state index in [9.17, 15) is 18.0 Å². The standard InChI is InChI=1S/C30H31NO6S/c1-18-13-27(30(33)37-23-5-4-12-31-17-23)26-15-20(6-7-22(26)16-25(18)29(32)36-2)19-8-10-24-21(14-19)9-11-28(24)38(3,34)35/h4-8,10,12,14-15,17-18,25,27-28H,9,11,13,16H2,1-3H3. The average Bonchev–Trinajstić information content (AvgIpc) is 3.28. The van der Waals surface area contributed by atoms with Crippen LogP contribution in [0.25, 0.3) is 11.1 Å². The molecule has 0 radical (unpaired) electrons. The fourth-order valence-corrected chi connectivity index (χ4v) is 7.11. The van der Waals surface area contributed by atoms with Gasteiger partial charge in [0.15, 0.2) is 9.84 Å². The van der Waals surface area contributed by atoms with Crippen LogP contribution >= 0.6 is 0 Å². The monoisotopic (exact) mass is 533 g/mol. The first-order valence-corrected chi connectivity index (χ1v) is 14.8. The van der Waals surface area contributed by atoms with Crippen molar-refractivity contribution in [3.05, 3.63) is 83.2 Å². The number of ether oxygens (including phenoxy) is 2. The highest BCUT2D eigenvalue weighted by Gasteiger charge is 2.38. The average molecular weight is 534 g/mol. The van der Waals surface area contributed by atoms with Gasteiger partial charge in [0.1, 0.15) is 5.75 Å². The summed E-state index contributed by atoms with van der Waals surface area (Å²) in [5.74, 6) is -1.34. The van der Waals surface area contributed by atoms with E-state index in [1.54, 1.807) is 18.3 Å². The minimum Gasteiger partial charge on any atom is -0.469 e. The summed E-state index contributed by atoms with van der Waals surface area (Å²) >= 11 is 0. The van der Waals surface area contributed by atoms with Gasteiger partial charge in [0.05, 0.1) is 30.4 Å². The molecule has 0 fully saturated rings. The van der Waals surface area contributed by atoms with Crippen molar-refractivity contribution in [1.29, 1.82) is 0 Å². The number of hydrogen-bond acceptors (Lipinski definition) is 7. The van der Waals surface area contributed by atoms with Gasteiger partial charge in [0.2, 0.25) is 0 Å². The number of methoxy groups -OCH3 is 1. The molecule has 0 amide bonds. The number of carbonyl (C=O) groups is 2. The Hall–Kier alpha value is -3.52. The largest absolute Gasteiger partial charge is 0.469 e. The SMILES string of the molecule is COC(=O)C1Cc2ccc(-c3ccc4c(c3)CCC4S(C)(=O)=O)cc2C(C(=O)Oc2cccnc2)CC1C. The van der Waals surface area contributed by atoms with Gasteiger partial charge in [-0.25, -0.2) is 8.42 Å². The maximum Gasteiger partial charge on any atom is 0.318 e. The van der Waals surface area contributed by atoms with Crippen LogP contribution in [0.2, 0.25) is 0 Å². The van der Waals surface area contributed by atoms with Crippen LogP contribution in [0.15, 0.2) is 60.9 Å². The van der Waals surface area contributed by atoms with Crippen molar-refractivity contribution in [3.63, 3.8) is 0 Å². The van der Waals surface area contributed by atoms with E-state index in [0.717, 1.165) is 33.4 Å². The third-order valence-corrected chi connectivity index (χ3v) is 9.44. The molecule has 198 valence electrons. The molecule has 0 bridgehead atoms. The minimum atomic E-state index is -3.17. The van der Waals surface area contributed by atoms with Gasteiger partial charge in [-0.1, -0.05) is 43.3 Å². The molecule has 38 heavy (non-hydrogen) atoms. The molecular weight excluding hydrogens is 502 g/mol. The predicted molar refractivity (Wildman–Crippen MR) is 143 cm³/mol. The van der Waals surface area contributed by atoms with Crippen LogP contribution in [-0.2, 0) is 37.0 Å². The van der Waals surface area contributed by atoms with Crippen LogP contribution in [0.3, 0.4) is 0 Å². The second-order valence-electron chi connectivity index (χ2n) is 10.4. The lowest BCUT2D eigenvalue weighted by Crippen LogP contribution is -2.26. The molecule has 1 heterocycles. The second kappa shape index (κ2) is 10.3. The number of sulfone groups is 1. The van der Waals surface area contributed by atoms with Gasteiger partial charge in [-0.3, -0.25) is 14.6 Å². The van der Waals surface area contributed by atoms with E-state index in [4.69, 9.17) is 9.47 Å². The van der Waals surface area contributed by atoms with E-state index in [2.05, 4.69) is 11.1 Å². The molecule has 0 N–H and O–H groups in total. The van der Waals surface area contributed by atoms with Gasteiger partial charge in [-0.2, -0.15) is 0 Å². The second-order valence-corrected chi connectivity index (χ2v) is 12.6. The van der Waals surface area contributed by atoms with Gasteiger partial charge < -0.3 is 9.47 Å². The van der Waals surface area contributed by atoms with E-state index >= 15 is 0 Å². The Morgan fingerprint density at radius 1 is 0.974 bits per heavy atom. The lowest BCUT2D eigenvalue weighted by Gasteiger charge is -2.21. The van der Waals surface area contributed by atoms with Crippen molar-refractivity contribution in [2.75, 3.05) is 13.4 Å².